The molecular weight excluding hydrogens is 519 g/mol. The van der Waals surface area contributed by atoms with E-state index >= 15 is 0 Å². The number of nitrogens with one attached hydrogen (secondary N) is 1. The fourth-order valence-electron chi connectivity index (χ4n) is 7.13. The van der Waals surface area contributed by atoms with Crippen LogP contribution in [0.4, 0.5) is 5.69 Å². The first kappa shape index (κ1) is 26.5. The molecule has 1 saturated heterocycles. The highest BCUT2D eigenvalue weighted by Crippen LogP contribution is 2.65. The molecule has 0 radical (unpaired) electrons. The van der Waals surface area contributed by atoms with E-state index in [0.29, 0.717) is 29.4 Å². The van der Waals surface area contributed by atoms with Crippen molar-refractivity contribution in [2.45, 2.75) is 70.4 Å². The summed E-state index contributed by atoms with van der Waals surface area (Å²) >= 11 is 0. The fourth-order valence-corrected chi connectivity index (χ4v) is 8.48. The van der Waals surface area contributed by atoms with E-state index in [9.17, 15) is 18.5 Å². The zero-order chi connectivity index (χ0) is 27.7. The zero-order valence-corrected chi connectivity index (χ0v) is 23.4. The molecule has 1 N–H and O–H groups in total. The zero-order valence-electron chi connectivity index (χ0n) is 22.5. The van der Waals surface area contributed by atoms with Gasteiger partial charge in [0.1, 0.15) is 5.58 Å². The number of para-hydroxylation sites is 1. The lowest BCUT2D eigenvalue weighted by Crippen LogP contribution is -2.65. The van der Waals surface area contributed by atoms with Gasteiger partial charge in [-0.3, -0.25) is 10.1 Å². The summed E-state index contributed by atoms with van der Waals surface area (Å²) in [6.45, 7) is 8.29. The lowest BCUT2D eigenvalue weighted by Gasteiger charge is -2.64. The van der Waals surface area contributed by atoms with Crippen molar-refractivity contribution in [3.8, 4) is 0 Å². The molecule has 4 fully saturated rings. The molecular formula is C28H33BN2O7S. The highest BCUT2D eigenvalue weighted by Gasteiger charge is 2.68. The Morgan fingerprint density at radius 1 is 1.18 bits per heavy atom. The predicted molar refractivity (Wildman–Crippen MR) is 147 cm³/mol. The number of benzene rings is 2. The number of rotatable bonds is 8. The van der Waals surface area contributed by atoms with E-state index in [1.54, 1.807) is 25.3 Å². The van der Waals surface area contributed by atoms with Gasteiger partial charge in [0.2, 0.25) is 10.0 Å². The highest BCUT2D eigenvalue weighted by atomic mass is 32.2. The highest BCUT2D eigenvalue weighted by molar-refractivity contribution is 7.88. The van der Waals surface area contributed by atoms with Gasteiger partial charge in [-0.2, -0.15) is 0 Å². The van der Waals surface area contributed by atoms with Crippen LogP contribution in [0.1, 0.15) is 50.3 Å². The molecule has 3 aliphatic carbocycles. The Kier molecular flexibility index (Phi) is 6.22. The molecule has 206 valence electrons. The van der Waals surface area contributed by atoms with Crippen LogP contribution in [0, 0.1) is 34.3 Å². The fraction of sp³-hybridized carbons (Fsp3) is 0.500. The van der Waals surface area contributed by atoms with E-state index in [-0.39, 0.29) is 17.2 Å². The van der Waals surface area contributed by atoms with Crippen LogP contribution in [-0.2, 0) is 31.5 Å². The summed E-state index contributed by atoms with van der Waals surface area (Å²) < 4.78 is 48.7. The first-order valence-electron chi connectivity index (χ1n) is 13.4. The third kappa shape index (κ3) is 4.49. The largest absolute Gasteiger partial charge is 0.477 e. The van der Waals surface area contributed by atoms with Crippen LogP contribution >= 0.6 is 0 Å². The van der Waals surface area contributed by atoms with Gasteiger partial charge in [-0.15, -0.1) is 0 Å². The number of fused-ring (bicyclic) bond motifs is 1. The van der Waals surface area contributed by atoms with Crippen molar-refractivity contribution in [3.63, 3.8) is 0 Å². The minimum absolute atomic E-state index is 0.105. The summed E-state index contributed by atoms with van der Waals surface area (Å²) in [6.07, 6.45) is 3.82. The molecule has 11 heteroatoms. The van der Waals surface area contributed by atoms with Crippen molar-refractivity contribution in [2.75, 3.05) is 0 Å². The maximum absolute atomic E-state index is 13.5. The third-order valence-corrected chi connectivity index (χ3v) is 10.8. The van der Waals surface area contributed by atoms with Crippen LogP contribution in [0.25, 0.3) is 11.0 Å². The number of aryl methyl sites for hydroxylation is 1. The number of sulfonamides is 1. The minimum Gasteiger partial charge on any atom is -0.464 e. The second-order valence-electron chi connectivity index (χ2n) is 12.2. The van der Waals surface area contributed by atoms with Gasteiger partial charge in [-0.05, 0) is 67.6 Å². The molecule has 1 aliphatic heterocycles. The van der Waals surface area contributed by atoms with E-state index in [2.05, 4.69) is 25.5 Å². The van der Waals surface area contributed by atoms with E-state index in [0.717, 1.165) is 29.4 Å². The second-order valence-corrected chi connectivity index (χ2v) is 13.9. The standard InChI is InChI=1S/C28H33BN2O7S/c1-17-9-10-18(11-22(17)31(32)33)16-39(34,35)30-26(12-19-15-36-23-8-6-5-7-21(19)23)29-37-25-14-20-13-24(27(20,2)3)28(25,4)38-29/h5-11,15,20,24-26,30H,12-14,16H2,1-4H3/t20-,24-,25+,26-,28-/m0/s1. The third-order valence-electron chi connectivity index (χ3n) is 9.46. The summed E-state index contributed by atoms with van der Waals surface area (Å²) in [4.78, 5) is 10.9. The lowest BCUT2D eigenvalue weighted by atomic mass is 9.43. The summed E-state index contributed by atoms with van der Waals surface area (Å²) in [5.74, 6) is -0.228. The average molecular weight is 552 g/mol. The van der Waals surface area contributed by atoms with Crippen molar-refractivity contribution in [1.29, 1.82) is 0 Å². The summed E-state index contributed by atoms with van der Waals surface area (Å²) in [5.41, 5.74) is 1.93. The number of nitro benzene ring substituents is 1. The Labute approximate surface area is 228 Å². The molecule has 2 heterocycles. The van der Waals surface area contributed by atoms with Gasteiger partial charge in [0.05, 0.1) is 34.6 Å². The first-order chi connectivity index (χ1) is 18.4. The molecule has 7 rings (SSSR count). The van der Waals surface area contributed by atoms with Gasteiger partial charge in [0.15, 0.2) is 0 Å². The molecule has 2 bridgehead atoms. The number of hydrogen-bond donors (Lipinski definition) is 1. The Bertz CT molecular complexity index is 1550. The Balaban J connectivity index is 1.29. The van der Waals surface area contributed by atoms with Crippen LogP contribution in [0.3, 0.4) is 0 Å². The van der Waals surface area contributed by atoms with Crippen molar-refractivity contribution < 1.29 is 27.1 Å². The van der Waals surface area contributed by atoms with Crippen molar-refractivity contribution in [2.24, 2.45) is 17.3 Å². The van der Waals surface area contributed by atoms with E-state index in [1.165, 1.54) is 6.07 Å². The molecule has 4 aliphatic rings. The predicted octanol–water partition coefficient (Wildman–Crippen LogP) is 4.95. The molecule has 0 spiro atoms. The van der Waals surface area contributed by atoms with Crippen LogP contribution in [0.5, 0.6) is 0 Å². The smallest absolute Gasteiger partial charge is 0.464 e. The molecule has 0 unspecified atom stereocenters. The van der Waals surface area contributed by atoms with Crippen LogP contribution in [0.2, 0.25) is 0 Å². The van der Waals surface area contributed by atoms with Crippen molar-refractivity contribution >= 4 is 33.8 Å². The van der Waals surface area contributed by atoms with Crippen molar-refractivity contribution in [3.05, 3.63) is 75.5 Å². The maximum atomic E-state index is 13.5. The molecule has 9 nitrogen and oxygen atoms in total. The van der Waals surface area contributed by atoms with E-state index in [1.807, 2.05) is 24.3 Å². The molecule has 1 aromatic heterocycles. The Morgan fingerprint density at radius 2 is 1.95 bits per heavy atom. The van der Waals surface area contributed by atoms with Gasteiger partial charge in [0, 0.05) is 17.0 Å². The monoisotopic (exact) mass is 552 g/mol. The Morgan fingerprint density at radius 3 is 2.69 bits per heavy atom. The van der Waals surface area contributed by atoms with Gasteiger partial charge in [0.25, 0.3) is 5.69 Å². The van der Waals surface area contributed by atoms with Gasteiger partial charge in [-0.1, -0.05) is 44.2 Å². The first-order valence-corrected chi connectivity index (χ1v) is 15.0. The number of furan rings is 1. The van der Waals surface area contributed by atoms with Crippen LogP contribution in [0.15, 0.2) is 53.1 Å². The molecule has 3 saturated carbocycles. The quantitative estimate of drug-likeness (QED) is 0.239. The number of hydrogen-bond acceptors (Lipinski definition) is 7. The SMILES string of the molecule is Cc1ccc(CS(=O)(=O)N[C@@H](Cc2coc3ccccc23)B2O[C@@H]3C[C@@H]4C[C@@H](C4(C)C)[C@]3(C)O2)cc1[N+](=O)[O-]. The maximum Gasteiger partial charge on any atom is 0.477 e. The van der Waals surface area contributed by atoms with Gasteiger partial charge >= 0.3 is 7.12 Å². The summed E-state index contributed by atoms with van der Waals surface area (Å²) in [7, 11) is -4.71. The summed E-state index contributed by atoms with van der Waals surface area (Å²) in [5, 5.41) is 12.3. The average Bonchev–Trinajstić information content (AvgIpc) is 3.44. The van der Waals surface area contributed by atoms with Gasteiger partial charge in [-0.25, -0.2) is 13.1 Å². The number of nitrogens with zero attached hydrogens (tertiary/aromatic N) is 1. The molecule has 5 atom stereocenters. The lowest BCUT2D eigenvalue weighted by molar-refractivity contribution is -0.385. The normalized spacial score (nSPS) is 28.2. The number of nitro groups is 1. The molecule has 3 aromatic rings. The van der Waals surface area contributed by atoms with Crippen molar-refractivity contribution in [1.82, 2.24) is 4.72 Å². The topological polar surface area (TPSA) is 121 Å². The van der Waals surface area contributed by atoms with E-state index in [4.69, 9.17) is 13.7 Å². The second kappa shape index (κ2) is 9.16. The molecule has 2 aromatic carbocycles. The van der Waals surface area contributed by atoms with Crippen LogP contribution in [-0.4, -0.2) is 38.1 Å². The van der Waals surface area contributed by atoms with Crippen LogP contribution < -0.4 is 4.72 Å². The van der Waals surface area contributed by atoms with E-state index < -0.39 is 39.4 Å². The minimum atomic E-state index is -3.92. The van der Waals surface area contributed by atoms with Gasteiger partial charge < -0.3 is 13.7 Å². The Hall–Kier alpha value is -2.73. The molecule has 39 heavy (non-hydrogen) atoms. The summed E-state index contributed by atoms with van der Waals surface area (Å²) in [6, 6.07) is 12.1. The molecule has 0 amide bonds.